The van der Waals surface area contributed by atoms with E-state index in [9.17, 15) is 14.4 Å². The third-order valence-electron chi connectivity index (χ3n) is 4.41. The van der Waals surface area contributed by atoms with Gasteiger partial charge in [-0.05, 0) is 6.42 Å². The van der Waals surface area contributed by atoms with E-state index in [4.69, 9.17) is 25.8 Å². The molecule has 0 spiro atoms. The third-order valence-corrected chi connectivity index (χ3v) is 4.41. The van der Waals surface area contributed by atoms with E-state index in [0.717, 1.165) is 24.2 Å². The molecular formula is C25H50N6O6. The molecule has 0 aromatic rings. The fourth-order valence-electron chi connectivity index (χ4n) is 2.68. The van der Waals surface area contributed by atoms with Crippen LogP contribution in [0.15, 0.2) is 24.0 Å². The Morgan fingerprint density at radius 1 is 0.892 bits per heavy atom. The lowest BCUT2D eigenvalue weighted by Gasteiger charge is -2.18. The number of amides is 4. The van der Waals surface area contributed by atoms with Gasteiger partial charge in [0.2, 0.25) is 0 Å². The zero-order valence-electron chi connectivity index (χ0n) is 23.4. The standard InChI is InChI=1S/C21H38N6O6.2C2H6/c1-2-3-4-7-24-21(30)25-8-10-31-12-14-33-15-13-32-11-9-26(23)16-18(22)17-27-19(28)5-6-20(27)29;2*1-2/h5-6,16H,2-4,7-15,17,22-23H2,1H3,(H2,24,25,30);2*1-2H3/b18-16-;;. The molecule has 0 aliphatic carbocycles. The highest BCUT2D eigenvalue weighted by Crippen LogP contribution is 2.05. The van der Waals surface area contributed by atoms with Crippen molar-refractivity contribution in [2.24, 2.45) is 11.6 Å². The molecule has 0 bridgehead atoms. The maximum absolute atomic E-state index is 11.5. The molecular weight excluding hydrogens is 480 g/mol. The summed E-state index contributed by atoms with van der Waals surface area (Å²) in [4.78, 5) is 35.5. The average molecular weight is 531 g/mol. The number of ether oxygens (including phenoxy) is 3. The Morgan fingerprint density at radius 2 is 1.41 bits per heavy atom. The van der Waals surface area contributed by atoms with Crippen LogP contribution in [0.3, 0.4) is 0 Å². The van der Waals surface area contributed by atoms with Crippen LogP contribution < -0.4 is 22.2 Å². The molecule has 0 fully saturated rings. The molecule has 1 aliphatic heterocycles. The number of hydrogen-bond donors (Lipinski definition) is 4. The lowest BCUT2D eigenvalue weighted by atomic mass is 10.2. The van der Waals surface area contributed by atoms with Crippen LogP contribution in [0.25, 0.3) is 0 Å². The van der Waals surface area contributed by atoms with Gasteiger partial charge in [-0.3, -0.25) is 14.5 Å². The lowest BCUT2D eigenvalue weighted by Crippen LogP contribution is -2.37. The summed E-state index contributed by atoms with van der Waals surface area (Å²) in [5, 5.41) is 6.86. The molecule has 0 saturated heterocycles. The first kappa shape index (κ1) is 36.5. The smallest absolute Gasteiger partial charge is 0.314 e. The fraction of sp³-hybridized carbons (Fsp3) is 0.720. The number of carbonyl (C=O) groups excluding carboxylic acids is 3. The van der Waals surface area contributed by atoms with Crippen molar-refractivity contribution < 1.29 is 28.6 Å². The summed E-state index contributed by atoms with van der Waals surface area (Å²) in [6.07, 6.45) is 7.08. The summed E-state index contributed by atoms with van der Waals surface area (Å²) in [6, 6.07) is -0.175. The van der Waals surface area contributed by atoms with Gasteiger partial charge in [0, 0.05) is 37.1 Å². The van der Waals surface area contributed by atoms with Gasteiger partial charge in [-0.1, -0.05) is 47.5 Å². The summed E-state index contributed by atoms with van der Waals surface area (Å²) < 4.78 is 16.2. The van der Waals surface area contributed by atoms with Gasteiger partial charge in [0.15, 0.2) is 0 Å². The maximum atomic E-state index is 11.5. The van der Waals surface area contributed by atoms with E-state index >= 15 is 0 Å². The third kappa shape index (κ3) is 21.1. The highest BCUT2D eigenvalue weighted by atomic mass is 16.5. The Bertz CT molecular complexity index is 642. The first-order chi connectivity index (χ1) is 17.9. The second-order valence-corrected chi connectivity index (χ2v) is 7.26. The molecule has 1 rings (SSSR count). The van der Waals surface area contributed by atoms with E-state index in [1.165, 1.54) is 23.4 Å². The van der Waals surface area contributed by atoms with Gasteiger partial charge in [-0.2, -0.15) is 0 Å². The molecule has 12 nitrogen and oxygen atoms in total. The summed E-state index contributed by atoms with van der Waals surface area (Å²) >= 11 is 0. The van der Waals surface area contributed by atoms with Crippen LogP contribution in [-0.4, -0.2) is 93.6 Å². The van der Waals surface area contributed by atoms with Crippen LogP contribution in [0, 0.1) is 0 Å². The van der Waals surface area contributed by atoms with Crippen molar-refractivity contribution in [2.45, 2.75) is 53.9 Å². The fourth-order valence-corrected chi connectivity index (χ4v) is 2.68. The first-order valence-electron chi connectivity index (χ1n) is 13.2. The molecule has 1 heterocycles. The SMILES string of the molecule is CC.CC.CCCCCNC(=O)NCCOCCOCCOCCN(N)/C=C(\N)CN1C(=O)C=CC1=O. The van der Waals surface area contributed by atoms with Gasteiger partial charge in [0.25, 0.3) is 11.8 Å². The number of unbranched alkanes of at least 4 members (excludes halogenated alkanes) is 2. The van der Waals surface area contributed by atoms with Gasteiger partial charge < -0.3 is 35.6 Å². The molecule has 0 aromatic heterocycles. The Morgan fingerprint density at radius 3 is 1.97 bits per heavy atom. The van der Waals surface area contributed by atoms with Crippen LogP contribution in [0.4, 0.5) is 4.79 Å². The van der Waals surface area contributed by atoms with E-state index in [0.29, 0.717) is 59.3 Å². The second kappa shape index (κ2) is 26.4. The number of urea groups is 1. The highest BCUT2D eigenvalue weighted by molar-refractivity contribution is 6.13. The normalized spacial score (nSPS) is 12.5. The summed E-state index contributed by atoms with van der Waals surface area (Å²) in [5.41, 5.74) is 6.11. The molecule has 216 valence electrons. The highest BCUT2D eigenvalue weighted by Gasteiger charge is 2.23. The Balaban J connectivity index is 0. The first-order valence-corrected chi connectivity index (χ1v) is 13.2. The van der Waals surface area contributed by atoms with Crippen LogP contribution in [0.2, 0.25) is 0 Å². The van der Waals surface area contributed by atoms with Gasteiger partial charge in [-0.25, -0.2) is 10.6 Å². The zero-order valence-corrected chi connectivity index (χ0v) is 23.4. The largest absolute Gasteiger partial charge is 0.399 e. The molecule has 12 heteroatoms. The van der Waals surface area contributed by atoms with Crippen molar-refractivity contribution in [3.8, 4) is 0 Å². The van der Waals surface area contributed by atoms with Crippen molar-refractivity contribution in [3.63, 3.8) is 0 Å². The number of carbonyl (C=O) groups is 3. The van der Waals surface area contributed by atoms with Crippen LogP contribution in [0.5, 0.6) is 0 Å². The molecule has 1 aliphatic rings. The number of nitrogens with zero attached hydrogens (tertiary/aromatic N) is 2. The zero-order chi connectivity index (χ0) is 28.3. The van der Waals surface area contributed by atoms with Crippen LogP contribution in [0.1, 0.15) is 53.9 Å². The lowest BCUT2D eigenvalue weighted by molar-refractivity contribution is -0.136. The number of imide groups is 1. The number of nitrogens with one attached hydrogen (secondary N) is 2. The number of hydrazine groups is 1. The van der Waals surface area contributed by atoms with Crippen molar-refractivity contribution in [1.29, 1.82) is 0 Å². The minimum atomic E-state index is -0.397. The molecule has 0 unspecified atom stereocenters. The van der Waals surface area contributed by atoms with Crippen LogP contribution in [-0.2, 0) is 23.8 Å². The number of hydrogen-bond acceptors (Lipinski definition) is 9. The predicted molar refractivity (Wildman–Crippen MR) is 145 cm³/mol. The van der Waals surface area contributed by atoms with Gasteiger partial charge in [0.05, 0.1) is 52.7 Å². The molecule has 0 atom stereocenters. The molecule has 4 amide bonds. The molecule has 37 heavy (non-hydrogen) atoms. The molecule has 6 N–H and O–H groups in total. The van der Waals surface area contributed by atoms with E-state index in [2.05, 4.69) is 17.6 Å². The minimum Gasteiger partial charge on any atom is -0.399 e. The van der Waals surface area contributed by atoms with Gasteiger partial charge >= 0.3 is 6.03 Å². The van der Waals surface area contributed by atoms with E-state index in [1.807, 2.05) is 27.7 Å². The van der Waals surface area contributed by atoms with Crippen molar-refractivity contribution in [1.82, 2.24) is 20.5 Å². The number of nitrogens with two attached hydrogens (primary N) is 2. The Kier molecular flexibility index (Phi) is 26.0. The van der Waals surface area contributed by atoms with Crippen molar-refractivity contribution in [2.75, 3.05) is 65.8 Å². The predicted octanol–water partition coefficient (Wildman–Crippen LogP) is 1.48. The Labute approximate surface area is 222 Å². The minimum absolute atomic E-state index is 0.0164. The summed E-state index contributed by atoms with van der Waals surface area (Å²) in [7, 11) is 0. The van der Waals surface area contributed by atoms with E-state index in [-0.39, 0.29) is 18.3 Å². The second-order valence-electron chi connectivity index (χ2n) is 7.26. The van der Waals surface area contributed by atoms with Crippen LogP contribution >= 0.6 is 0 Å². The molecule has 0 saturated carbocycles. The van der Waals surface area contributed by atoms with E-state index < -0.39 is 11.8 Å². The topological polar surface area (TPSA) is 161 Å². The van der Waals surface area contributed by atoms with Gasteiger partial charge in [0.1, 0.15) is 0 Å². The quantitative estimate of drug-likeness (QED) is 0.0839. The van der Waals surface area contributed by atoms with Crippen molar-refractivity contribution in [3.05, 3.63) is 24.0 Å². The maximum Gasteiger partial charge on any atom is 0.314 e. The molecule has 0 radical (unpaired) electrons. The van der Waals surface area contributed by atoms with Gasteiger partial charge in [-0.15, -0.1) is 0 Å². The number of rotatable bonds is 19. The monoisotopic (exact) mass is 530 g/mol. The van der Waals surface area contributed by atoms with E-state index in [1.54, 1.807) is 0 Å². The summed E-state index contributed by atoms with van der Waals surface area (Å²) in [5.74, 6) is 5.01. The average Bonchev–Trinajstić information content (AvgIpc) is 3.21. The van der Waals surface area contributed by atoms with Crippen molar-refractivity contribution >= 4 is 17.8 Å². The Hall–Kier alpha value is -2.67. The summed E-state index contributed by atoms with van der Waals surface area (Å²) in [6.45, 7) is 14.1. The molecule has 0 aromatic carbocycles.